The van der Waals surface area contributed by atoms with Gasteiger partial charge < -0.3 is 10.1 Å². The minimum Gasteiger partial charge on any atom is -0.378 e. The van der Waals surface area contributed by atoms with Crippen LogP contribution in [-0.2, 0) is 4.74 Å². The molecule has 1 N–H and O–H groups in total. The van der Waals surface area contributed by atoms with Gasteiger partial charge in [-0.15, -0.1) is 23.7 Å². The molecular formula is C13H13Cl3N2OS. The molecule has 2 aromatic rings. The number of hydrogen-bond acceptors (Lipinski definition) is 4. The van der Waals surface area contributed by atoms with E-state index >= 15 is 0 Å². The number of thiazole rings is 1. The summed E-state index contributed by atoms with van der Waals surface area (Å²) < 4.78 is 5.45. The second-order valence-corrected chi connectivity index (χ2v) is 6.01. The van der Waals surface area contributed by atoms with Crippen LogP contribution in [0.15, 0.2) is 23.6 Å². The van der Waals surface area contributed by atoms with Crippen molar-refractivity contribution in [3.05, 3.63) is 38.6 Å². The fourth-order valence-electron chi connectivity index (χ4n) is 1.99. The molecule has 3 nitrogen and oxygen atoms in total. The number of benzene rings is 1. The number of halogens is 3. The van der Waals surface area contributed by atoms with E-state index in [0.717, 1.165) is 29.4 Å². The molecule has 1 aliphatic rings. The van der Waals surface area contributed by atoms with Crippen LogP contribution in [0.5, 0.6) is 0 Å². The maximum atomic E-state index is 6.19. The zero-order chi connectivity index (χ0) is 13.2. The molecule has 20 heavy (non-hydrogen) atoms. The van der Waals surface area contributed by atoms with E-state index < -0.39 is 0 Å². The van der Waals surface area contributed by atoms with Gasteiger partial charge in [0.25, 0.3) is 0 Å². The van der Waals surface area contributed by atoms with E-state index in [0.29, 0.717) is 16.7 Å². The zero-order valence-electron chi connectivity index (χ0n) is 10.4. The Morgan fingerprint density at radius 3 is 2.95 bits per heavy atom. The summed E-state index contributed by atoms with van der Waals surface area (Å²) in [5.41, 5.74) is 1.73. The lowest BCUT2D eigenvalue weighted by molar-refractivity contribution is 0.0768. The Balaban J connectivity index is 0.00000147. The maximum Gasteiger partial charge on any atom is 0.113 e. The van der Waals surface area contributed by atoms with Gasteiger partial charge in [0, 0.05) is 22.5 Å². The monoisotopic (exact) mass is 350 g/mol. The van der Waals surface area contributed by atoms with Gasteiger partial charge in [-0.2, -0.15) is 0 Å². The summed E-state index contributed by atoms with van der Waals surface area (Å²) in [5.74, 6) is 0. The molecule has 108 valence electrons. The van der Waals surface area contributed by atoms with Gasteiger partial charge in [-0.05, 0) is 18.2 Å². The minimum absolute atomic E-state index is 0. The Bertz CT molecular complexity index is 585. The number of ether oxygens (including phenoxy) is 1. The van der Waals surface area contributed by atoms with Crippen LogP contribution >= 0.6 is 46.9 Å². The van der Waals surface area contributed by atoms with E-state index in [1.54, 1.807) is 23.5 Å². The average Bonchev–Trinajstić information content (AvgIpc) is 2.92. The highest BCUT2D eigenvalue weighted by Crippen LogP contribution is 2.32. The summed E-state index contributed by atoms with van der Waals surface area (Å²) in [6, 6.07) is 5.58. The van der Waals surface area contributed by atoms with Crippen LogP contribution in [0.3, 0.4) is 0 Å². The number of rotatable bonds is 2. The third-order valence-corrected chi connectivity index (χ3v) is 4.47. The fourth-order valence-corrected chi connectivity index (χ4v) is 3.25. The van der Waals surface area contributed by atoms with Crippen molar-refractivity contribution in [2.45, 2.75) is 6.04 Å². The Hall–Kier alpha value is -0.360. The van der Waals surface area contributed by atoms with Gasteiger partial charge in [-0.25, -0.2) is 4.98 Å². The van der Waals surface area contributed by atoms with Crippen molar-refractivity contribution in [2.75, 3.05) is 19.8 Å². The van der Waals surface area contributed by atoms with E-state index in [1.165, 1.54) is 0 Å². The van der Waals surface area contributed by atoms with Gasteiger partial charge in [0.2, 0.25) is 0 Å². The van der Waals surface area contributed by atoms with Crippen LogP contribution in [0.1, 0.15) is 11.0 Å². The molecule has 0 spiro atoms. The standard InChI is InChI=1S/C13H12Cl2N2OS.ClH/c14-8-1-2-10(15)9(5-8)12-7-19-13(17-12)11-6-18-4-3-16-11;/h1-2,5,7,11,16H,3-4,6H2;1H. The second kappa shape index (κ2) is 7.07. The summed E-state index contributed by atoms with van der Waals surface area (Å²) in [6.07, 6.45) is 0. The lowest BCUT2D eigenvalue weighted by atomic mass is 10.2. The molecule has 1 unspecified atom stereocenters. The van der Waals surface area contributed by atoms with Gasteiger partial charge in [0.15, 0.2) is 0 Å². The predicted molar refractivity (Wildman–Crippen MR) is 86.4 cm³/mol. The topological polar surface area (TPSA) is 34.1 Å². The first kappa shape index (κ1) is 16.0. The number of hydrogen-bond donors (Lipinski definition) is 1. The lowest BCUT2D eigenvalue weighted by Gasteiger charge is -2.21. The second-order valence-electron chi connectivity index (χ2n) is 4.28. The molecule has 0 aliphatic carbocycles. The Morgan fingerprint density at radius 1 is 1.35 bits per heavy atom. The molecule has 0 bridgehead atoms. The van der Waals surface area contributed by atoms with E-state index in [2.05, 4.69) is 10.3 Å². The molecular weight excluding hydrogens is 339 g/mol. The lowest BCUT2D eigenvalue weighted by Crippen LogP contribution is -2.34. The minimum atomic E-state index is 0. The molecule has 1 aromatic carbocycles. The molecule has 1 atom stereocenters. The summed E-state index contributed by atoms with van der Waals surface area (Å²) in [6.45, 7) is 2.28. The molecule has 0 saturated carbocycles. The Morgan fingerprint density at radius 2 is 2.20 bits per heavy atom. The molecule has 1 aliphatic heterocycles. The van der Waals surface area contributed by atoms with Crippen LogP contribution in [0.25, 0.3) is 11.3 Å². The summed E-state index contributed by atoms with van der Waals surface area (Å²) >= 11 is 13.8. The van der Waals surface area contributed by atoms with E-state index in [9.17, 15) is 0 Å². The van der Waals surface area contributed by atoms with E-state index in [1.807, 2.05) is 11.4 Å². The van der Waals surface area contributed by atoms with Crippen molar-refractivity contribution in [2.24, 2.45) is 0 Å². The zero-order valence-corrected chi connectivity index (χ0v) is 13.6. The Labute approximate surface area is 137 Å². The normalized spacial score (nSPS) is 18.6. The molecule has 7 heteroatoms. The summed E-state index contributed by atoms with van der Waals surface area (Å²) in [4.78, 5) is 4.64. The largest absolute Gasteiger partial charge is 0.378 e. The molecule has 0 amide bonds. The molecule has 3 rings (SSSR count). The van der Waals surface area contributed by atoms with Crippen LogP contribution in [-0.4, -0.2) is 24.7 Å². The number of nitrogens with zero attached hydrogens (tertiary/aromatic N) is 1. The van der Waals surface area contributed by atoms with Gasteiger partial charge in [-0.3, -0.25) is 0 Å². The SMILES string of the molecule is Cl.Clc1ccc(Cl)c(-c2csc(C3COCCN3)n2)c1. The molecule has 1 aromatic heterocycles. The van der Waals surface area contributed by atoms with Gasteiger partial charge >= 0.3 is 0 Å². The first-order valence-corrected chi connectivity index (χ1v) is 7.59. The number of nitrogens with one attached hydrogen (secondary N) is 1. The highest BCUT2D eigenvalue weighted by molar-refractivity contribution is 7.10. The maximum absolute atomic E-state index is 6.19. The van der Waals surface area contributed by atoms with Crippen LogP contribution in [0, 0.1) is 0 Å². The van der Waals surface area contributed by atoms with Crippen molar-refractivity contribution < 1.29 is 4.74 Å². The fraction of sp³-hybridized carbons (Fsp3) is 0.308. The van der Waals surface area contributed by atoms with Crippen molar-refractivity contribution in [1.29, 1.82) is 0 Å². The highest BCUT2D eigenvalue weighted by atomic mass is 35.5. The van der Waals surface area contributed by atoms with Crippen molar-refractivity contribution in [1.82, 2.24) is 10.3 Å². The van der Waals surface area contributed by atoms with Crippen molar-refractivity contribution >= 4 is 46.9 Å². The quantitative estimate of drug-likeness (QED) is 0.880. The van der Waals surface area contributed by atoms with Gasteiger partial charge in [0.05, 0.1) is 30.0 Å². The van der Waals surface area contributed by atoms with Crippen molar-refractivity contribution in [3.8, 4) is 11.3 Å². The van der Waals surface area contributed by atoms with Crippen LogP contribution in [0.4, 0.5) is 0 Å². The van der Waals surface area contributed by atoms with E-state index in [4.69, 9.17) is 27.9 Å². The summed E-state index contributed by atoms with van der Waals surface area (Å²) in [7, 11) is 0. The van der Waals surface area contributed by atoms with Gasteiger partial charge in [0.1, 0.15) is 5.01 Å². The molecule has 1 fully saturated rings. The van der Waals surface area contributed by atoms with Gasteiger partial charge in [-0.1, -0.05) is 23.2 Å². The van der Waals surface area contributed by atoms with Crippen LogP contribution < -0.4 is 5.32 Å². The third kappa shape index (κ3) is 3.45. The number of morpholine rings is 1. The van der Waals surface area contributed by atoms with E-state index in [-0.39, 0.29) is 18.4 Å². The van der Waals surface area contributed by atoms with Crippen LogP contribution in [0.2, 0.25) is 10.0 Å². The smallest absolute Gasteiger partial charge is 0.113 e. The third-order valence-electron chi connectivity index (χ3n) is 2.95. The highest BCUT2D eigenvalue weighted by Gasteiger charge is 2.19. The van der Waals surface area contributed by atoms with Crippen molar-refractivity contribution in [3.63, 3.8) is 0 Å². The predicted octanol–water partition coefficient (Wildman–Crippen LogP) is 4.20. The molecule has 0 radical (unpaired) electrons. The summed E-state index contributed by atoms with van der Waals surface area (Å²) in [5, 5.41) is 7.73. The number of aromatic nitrogens is 1. The first-order valence-electron chi connectivity index (χ1n) is 5.96. The Kier molecular flexibility index (Phi) is 5.66. The molecule has 1 saturated heterocycles. The average molecular weight is 352 g/mol. The molecule has 2 heterocycles. The first-order chi connectivity index (χ1) is 9.24.